The molecule has 25 heavy (non-hydrogen) atoms. The third-order valence-corrected chi connectivity index (χ3v) is 5.81. The average Bonchev–Trinajstić information content (AvgIpc) is 3.20. The van der Waals surface area contributed by atoms with Crippen LogP contribution in [0.4, 0.5) is 5.69 Å². The Morgan fingerprint density at radius 1 is 1.16 bits per heavy atom. The molecule has 0 spiro atoms. The van der Waals surface area contributed by atoms with Crippen LogP contribution in [0.1, 0.15) is 26.7 Å². The van der Waals surface area contributed by atoms with Crippen LogP contribution in [0, 0.1) is 0 Å². The second kappa shape index (κ2) is 6.01. The quantitative estimate of drug-likeness (QED) is 0.879. The summed E-state index contributed by atoms with van der Waals surface area (Å²) >= 11 is 0. The zero-order valence-electron chi connectivity index (χ0n) is 13.6. The fourth-order valence-electron chi connectivity index (χ4n) is 2.64. The van der Waals surface area contributed by atoms with Crippen molar-refractivity contribution in [2.75, 3.05) is 25.5 Å². The summed E-state index contributed by atoms with van der Waals surface area (Å²) in [5.41, 5.74) is 1.33. The van der Waals surface area contributed by atoms with Crippen LogP contribution in [-0.4, -0.2) is 50.3 Å². The molecule has 1 aromatic carbocycles. The summed E-state index contributed by atoms with van der Waals surface area (Å²) in [4.78, 5) is 25.0. The molecule has 0 atom stereocenters. The molecule has 0 bridgehead atoms. The van der Waals surface area contributed by atoms with Gasteiger partial charge in [0.1, 0.15) is 0 Å². The molecule has 1 aliphatic heterocycles. The molecule has 1 aliphatic rings. The van der Waals surface area contributed by atoms with Gasteiger partial charge in [-0.3, -0.25) is 4.79 Å². The molecule has 1 aromatic heterocycles. The topological polar surface area (TPSA) is 108 Å². The van der Waals surface area contributed by atoms with Crippen molar-refractivity contribution in [1.82, 2.24) is 4.31 Å². The van der Waals surface area contributed by atoms with Crippen molar-refractivity contribution in [3.05, 3.63) is 47.4 Å². The number of sulfonamides is 1. The molecule has 8 nitrogen and oxygen atoms in total. The monoisotopic (exact) mass is 364 g/mol. The van der Waals surface area contributed by atoms with Crippen LogP contribution in [0.5, 0.6) is 0 Å². The molecule has 2 aromatic rings. The maximum Gasteiger partial charge on any atom is 0.371 e. The summed E-state index contributed by atoms with van der Waals surface area (Å²) in [6.07, 6.45) is 0.579. The van der Waals surface area contributed by atoms with Crippen LogP contribution in [-0.2, 0) is 16.4 Å². The van der Waals surface area contributed by atoms with Crippen LogP contribution in [0.25, 0.3) is 0 Å². The van der Waals surface area contributed by atoms with Gasteiger partial charge in [0, 0.05) is 26.3 Å². The summed E-state index contributed by atoms with van der Waals surface area (Å²) in [6, 6.07) is 7.15. The first-order chi connectivity index (χ1) is 11.7. The van der Waals surface area contributed by atoms with Crippen LogP contribution in [0.3, 0.4) is 0 Å². The summed E-state index contributed by atoms with van der Waals surface area (Å²) in [6.45, 7) is 0.364. The highest BCUT2D eigenvalue weighted by molar-refractivity contribution is 7.89. The van der Waals surface area contributed by atoms with E-state index in [2.05, 4.69) is 0 Å². The van der Waals surface area contributed by atoms with E-state index in [1.54, 1.807) is 6.07 Å². The van der Waals surface area contributed by atoms with E-state index in [9.17, 15) is 18.0 Å². The number of nitrogens with zero attached hydrogens (tertiary/aromatic N) is 2. The summed E-state index contributed by atoms with van der Waals surface area (Å²) < 4.78 is 30.7. The molecule has 3 rings (SSSR count). The standard InChI is InChI=1S/C16H16N2O6S/c1-17(2)25(22,23)11-4-3-10-7-8-18(12(10)9-11)15(19)13-5-6-14(24-13)16(20)21/h3-6,9H,7-8H2,1-2H3,(H,20,21). The summed E-state index contributed by atoms with van der Waals surface area (Å²) in [5.74, 6) is -2.20. The second-order valence-electron chi connectivity index (χ2n) is 5.75. The molecule has 2 heterocycles. The van der Waals surface area contributed by atoms with Gasteiger partial charge in [-0.05, 0) is 36.2 Å². The minimum atomic E-state index is -3.63. The largest absolute Gasteiger partial charge is 0.475 e. The molecule has 0 saturated carbocycles. The molecular formula is C16H16N2O6S. The molecule has 0 radical (unpaired) electrons. The molecule has 0 fully saturated rings. The summed E-state index contributed by atoms with van der Waals surface area (Å²) in [7, 11) is -0.761. The van der Waals surface area contributed by atoms with Crippen LogP contribution < -0.4 is 4.90 Å². The van der Waals surface area contributed by atoms with Gasteiger partial charge in [0.05, 0.1) is 4.90 Å². The van der Waals surface area contributed by atoms with Gasteiger partial charge < -0.3 is 14.4 Å². The number of amides is 1. The lowest BCUT2D eigenvalue weighted by molar-refractivity contribution is 0.0660. The number of carbonyl (C=O) groups is 2. The lowest BCUT2D eigenvalue weighted by Crippen LogP contribution is -2.29. The van der Waals surface area contributed by atoms with Gasteiger partial charge in [-0.25, -0.2) is 17.5 Å². The fourth-order valence-corrected chi connectivity index (χ4v) is 3.56. The number of rotatable bonds is 4. The Morgan fingerprint density at radius 3 is 2.44 bits per heavy atom. The highest BCUT2D eigenvalue weighted by Crippen LogP contribution is 2.32. The first-order valence-electron chi connectivity index (χ1n) is 7.42. The number of carboxylic acids is 1. The van der Waals surface area contributed by atoms with Gasteiger partial charge in [-0.15, -0.1) is 0 Å². The first kappa shape index (κ1) is 17.2. The Balaban J connectivity index is 1.97. The van der Waals surface area contributed by atoms with Gasteiger partial charge >= 0.3 is 5.97 Å². The predicted octanol–water partition coefficient (Wildman–Crippen LogP) is 1.43. The smallest absolute Gasteiger partial charge is 0.371 e. The number of carbonyl (C=O) groups excluding carboxylic acids is 1. The maximum atomic E-state index is 12.6. The van der Waals surface area contributed by atoms with Gasteiger partial charge in [-0.2, -0.15) is 0 Å². The van der Waals surface area contributed by atoms with E-state index in [4.69, 9.17) is 9.52 Å². The van der Waals surface area contributed by atoms with Crippen molar-refractivity contribution in [1.29, 1.82) is 0 Å². The van der Waals surface area contributed by atoms with Gasteiger partial charge in [0.25, 0.3) is 5.91 Å². The Bertz CT molecular complexity index is 961. The fraction of sp³-hybridized carbons (Fsp3) is 0.250. The molecule has 0 unspecified atom stereocenters. The lowest BCUT2D eigenvalue weighted by Gasteiger charge is -2.18. The zero-order chi connectivity index (χ0) is 18.4. The van der Waals surface area contributed by atoms with Gasteiger partial charge in [-0.1, -0.05) is 6.07 Å². The Kier molecular flexibility index (Phi) is 4.13. The number of hydrogen-bond donors (Lipinski definition) is 1. The van der Waals surface area contributed by atoms with Crippen LogP contribution in [0.15, 0.2) is 39.6 Å². The van der Waals surface area contributed by atoms with E-state index in [-0.39, 0.29) is 16.4 Å². The third kappa shape index (κ3) is 2.92. The van der Waals surface area contributed by atoms with Crippen molar-refractivity contribution >= 4 is 27.6 Å². The van der Waals surface area contributed by atoms with Crippen molar-refractivity contribution < 1.29 is 27.5 Å². The highest BCUT2D eigenvalue weighted by atomic mass is 32.2. The van der Waals surface area contributed by atoms with E-state index in [0.29, 0.717) is 18.7 Å². The van der Waals surface area contributed by atoms with Crippen molar-refractivity contribution in [3.63, 3.8) is 0 Å². The minimum absolute atomic E-state index is 0.0848. The average molecular weight is 364 g/mol. The zero-order valence-corrected chi connectivity index (χ0v) is 14.4. The Morgan fingerprint density at radius 2 is 1.84 bits per heavy atom. The van der Waals surface area contributed by atoms with E-state index >= 15 is 0 Å². The van der Waals surface area contributed by atoms with E-state index in [0.717, 1.165) is 9.87 Å². The molecule has 9 heteroatoms. The number of furan rings is 1. The van der Waals surface area contributed by atoms with Crippen molar-refractivity contribution in [2.45, 2.75) is 11.3 Å². The minimum Gasteiger partial charge on any atom is -0.475 e. The van der Waals surface area contributed by atoms with Crippen LogP contribution in [0.2, 0.25) is 0 Å². The molecular weight excluding hydrogens is 348 g/mol. The number of aromatic carboxylic acids is 1. The highest BCUT2D eigenvalue weighted by Gasteiger charge is 2.30. The lowest BCUT2D eigenvalue weighted by atomic mass is 10.2. The molecule has 1 amide bonds. The molecule has 0 aliphatic carbocycles. The Labute approximate surface area is 144 Å². The normalized spacial score (nSPS) is 14.0. The van der Waals surface area contributed by atoms with Gasteiger partial charge in [0.2, 0.25) is 15.8 Å². The van der Waals surface area contributed by atoms with Crippen molar-refractivity contribution in [2.24, 2.45) is 0 Å². The summed E-state index contributed by atoms with van der Waals surface area (Å²) in [5, 5.41) is 8.89. The number of carboxylic acid groups (broad SMARTS) is 1. The molecule has 132 valence electrons. The molecule has 1 N–H and O–H groups in total. The third-order valence-electron chi connectivity index (χ3n) is 4.00. The van der Waals surface area contributed by atoms with E-state index in [1.807, 2.05) is 0 Å². The second-order valence-corrected chi connectivity index (χ2v) is 7.91. The number of fused-ring (bicyclic) bond motifs is 1. The maximum absolute atomic E-state index is 12.6. The van der Waals surface area contributed by atoms with E-state index < -0.39 is 21.9 Å². The first-order valence-corrected chi connectivity index (χ1v) is 8.86. The SMILES string of the molecule is CN(C)S(=O)(=O)c1ccc2c(c1)N(C(=O)c1ccc(C(=O)O)o1)CC2. The van der Waals surface area contributed by atoms with Crippen LogP contribution >= 0.6 is 0 Å². The Hall–Kier alpha value is -2.65. The van der Waals surface area contributed by atoms with Crippen molar-refractivity contribution in [3.8, 4) is 0 Å². The molecule has 0 saturated heterocycles. The van der Waals surface area contributed by atoms with Gasteiger partial charge in [0.15, 0.2) is 5.76 Å². The number of anilines is 1. The number of benzene rings is 1. The predicted molar refractivity (Wildman–Crippen MR) is 88.4 cm³/mol. The van der Waals surface area contributed by atoms with E-state index in [1.165, 1.54) is 43.3 Å². The number of hydrogen-bond acceptors (Lipinski definition) is 5.